The van der Waals surface area contributed by atoms with Crippen LogP contribution in [0.25, 0.3) is 105 Å². The molecule has 11 rings (SSSR count). The van der Waals surface area contributed by atoms with E-state index in [1.807, 2.05) is 24.3 Å². The van der Waals surface area contributed by atoms with Gasteiger partial charge in [0.1, 0.15) is 0 Å². The van der Waals surface area contributed by atoms with E-state index in [9.17, 15) is 0 Å². The molecule has 57 heavy (non-hydrogen) atoms. The van der Waals surface area contributed by atoms with Crippen molar-refractivity contribution in [3.05, 3.63) is 206 Å². The first-order valence-electron chi connectivity index (χ1n) is 19.3. The molecule has 0 atom stereocenters. The molecule has 0 aliphatic heterocycles. The van der Waals surface area contributed by atoms with Gasteiger partial charge in [0.2, 0.25) is 0 Å². The molecule has 0 aliphatic rings. The van der Waals surface area contributed by atoms with Gasteiger partial charge in [0, 0.05) is 55.0 Å². The van der Waals surface area contributed by atoms with Crippen molar-refractivity contribution in [2.75, 3.05) is 0 Å². The van der Waals surface area contributed by atoms with E-state index < -0.39 is 0 Å². The second-order valence-corrected chi connectivity index (χ2v) is 14.4. The van der Waals surface area contributed by atoms with Crippen molar-refractivity contribution in [2.45, 2.75) is 0 Å². The fourth-order valence-corrected chi connectivity index (χ4v) is 8.40. The third-order valence-corrected chi connectivity index (χ3v) is 11.0. The van der Waals surface area contributed by atoms with Gasteiger partial charge in [0.15, 0.2) is 5.82 Å². The third-order valence-electron chi connectivity index (χ3n) is 11.0. The van der Waals surface area contributed by atoms with Gasteiger partial charge in [0.05, 0.1) is 33.6 Å². The number of para-hydroxylation sites is 3. The maximum absolute atomic E-state index is 5.37. The standard InChI is InChI=1S/C53H34N4/c1-5-17-35(18-6-1)46-34-47(56-53(55-46)37-21-9-3-10-22-37)39-24-15-23-38(33-39)41-28-16-29-44-49-48(57(52(41)44)40-25-11-4-12-26-40)32-31-43-42-27-13-14-30-45(42)54-51(50(43)49)36-19-7-2-8-20-36/h1-34H. The van der Waals surface area contributed by atoms with Crippen LogP contribution in [0, 0.1) is 0 Å². The van der Waals surface area contributed by atoms with Crippen molar-refractivity contribution in [1.82, 2.24) is 19.5 Å². The summed E-state index contributed by atoms with van der Waals surface area (Å²) in [6.45, 7) is 0. The normalized spacial score (nSPS) is 11.5. The summed E-state index contributed by atoms with van der Waals surface area (Å²) in [5.74, 6) is 0.700. The van der Waals surface area contributed by atoms with E-state index in [2.05, 4.69) is 187 Å². The molecule has 0 amide bonds. The summed E-state index contributed by atoms with van der Waals surface area (Å²) in [5, 5.41) is 5.87. The second-order valence-electron chi connectivity index (χ2n) is 14.4. The highest BCUT2D eigenvalue weighted by molar-refractivity contribution is 6.29. The average Bonchev–Trinajstić information content (AvgIpc) is 3.65. The van der Waals surface area contributed by atoms with Gasteiger partial charge in [-0.25, -0.2) is 15.0 Å². The van der Waals surface area contributed by atoms with Crippen LogP contribution in [0.1, 0.15) is 0 Å². The smallest absolute Gasteiger partial charge is 0.160 e. The first kappa shape index (κ1) is 32.7. The number of rotatable bonds is 6. The van der Waals surface area contributed by atoms with Gasteiger partial charge in [-0.2, -0.15) is 0 Å². The molecular formula is C53H34N4. The minimum atomic E-state index is 0.700. The molecule has 0 radical (unpaired) electrons. The Kier molecular flexibility index (Phi) is 7.78. The number of nitrogens with zero attached hydrogens (tertiary/aromatic N) is 4. The largest absolute Gasteiger partial charge is 0.309 e. The predicted molar refractivity (Wildman–Crippen MR) is 236 cm³/mol. The molecular weight excluding hydrogens is 693 g/mol. The van der Waals surface area contributed by atoms with Crippen LogP contribution in [0.15, 0.2) is 206 Å². The Hall–Kier alpha value is -7.69. The molecule has 3 heterocycles. The average molecular weight is 727 g/mol. The molecule has 0 fully saturated rings. The number of hydrogen-bond acceptors (Lipinski definition) is 3. The molecule has 8 aromatic carbocycles. The highest BCUT2D eigenvalue weighted by Crippen LogP contribution is 2.45. The van der Waals surface area contributed by atoms with E-state index in [0.29, 0.717) is 5.82 Å². The van der Waals surface area contributed by atoms with Crippen LogP contribution in [0.2, 0.25) is 0 Å². The first-order chi connectivity index (χ1) is 28.3. The summed E-state index contributed by atoms with van der Waals surface area (Å²) in [6, 6.07) is 72.6. The van der Waals surface area contributed by atoms with Crippen LogP contribution in [-0.4, -0.2) is 19.5 Å². The second kappa shape index (κ2) is 13.6. The summed E-state index contributed by atoms with van der Waals surface area (Å²) in [4.78, 5) is 15.6. The van der Waals surface area contributed by atoms with E-state index in [0.717, 1.165) is 83.5 Å². The highest BCUT2D eigenvalue weighted by Gasteiger charge is 2.22. The van der Waals surface area contributed by atoms with Crippen LogP contribution >= 0.6 is 0 Å². The van der Waals surface area contributed by atoms with Crippen LogP contribution in [0.5, 0.6) is 0 Å². The van der Waals surface area contributed by atoms with Crippen molar-refractivity contribution in [2.24, 2.45) is 0 Å². The fourth-order valence-electron chi connectivity index (χ4n) is 8.40. The molecule has 0 N–H and O–H groups in total. The molecule has 0 bridgehead atoms. The van der Waals surface area contributed by atoms with Crippen molar-refractivity contribution >= 4 is 43.5 Å². The van der Waals surface area contributed by atoms with Gasteiger partial charge in [-0.05, 0) is 47.3 Å². The maximum atomic E-state index is 5.37. The SMILES string of the molecule is c1ccc(-c2cc(-c3cccc(-c4cccc5c6c7c(-c8ccccc8)nc8ccccc8c7ccc6n(-c6ccccc6)c45)c3)nc(-c3ccccc3)n2)cc1. The van der Waals surface area contributed by atoms with Gasteiger partial charge in [-0.15, -0.1) is 0 Å². The summed E-state index contributed by atoms with van der Waals surface area (Å²) >= 11 is 0. The fraction of sp³-hybridized carbons (Fsp3) is 0. The van der Waals surface area contributed by atoms with Crippen molar-refractivity contribution in [3.8, 4) is 62.0 Å². The monoisotopic (exact) mass is 726 g/mol. The number of hydrogen-bond donors (Lipinski definition) is 0. The lowest BCUT2D eigenvalue weighted by atomic mass is 9.94. The van der Waals surface area contributed by atoms with Gasteiger partial charge >= 0.3 is 0 Å². The van der Waals surface area contributed by atoms with Crippen molar-refractivity contribution in [3.63, 3.8) is 0 Å². The van der Waals surface area contributed by atoms with E-state index in [1.54, 1.807) is 0 Å². The molecule has 4 heteroatoms. The van der Waals surface area contributed by atoms with E-state index in [4.69, 9.17) is 15.0 Å². The molecule has 0 aliphatic carbocycles. The van der Waals surface area contributed by atoms with E-state index >= 15 is 0 Å². The Morgan fingerprint density at radius 2 is 0.930 bits per heavy atom. The molecule has 0 spiro atoms. The van der Waals surface area contributed by atoms with E-state index in [-0.39, 0.29) is 0 Å². The lowest BCUT2D eigenvalue weighted by Gasteiger charge is -2.13. The molecule has 0 unspecified atom stereocenters. The highest BCUT2D eigenvalue weighted by atomic mass is 15.0. The van der Waals surface area contributed by atoms with Gasteiger partial charge in [-0.1, -0.05) is 170 Å². The van der Waals surface area contributed by atoms with Gasteiger partial charge in [0.25, 0.3) is 0 Å². The van der Waals surface area contributed by atoms with Crippen LogP contribution in [0.3, 0.4) is 0 Å². The molecule has 11 aromatic rings. The summed E-state index contributed by atoms with van der Waals surface area (Å²) < 4.78 is 2.43. The summed E-state index contributed by atoms with van der Waals surface area (Å²) in [7, 11) is 0. The zero-order valence-electron chi connectivity index (χ0n) is 30.9. The Morgan fingerprint density at radius 3 is 1.68 bits per heavy atom. The quantitative estimate of drug-likeness (QED) is 0.160. The Balaban J connectivity index is 1.20. The predicted octanol–water partition coefficient (Wildman–Crippen LogP) is 13.6. The van der Waals surface area contributed by atoms with E-state index in [1.165, 1.54) is 16.2 Å². The zero-order chi connectivity index (χ0) is 37.7. The zero-order valence-corrected chi connectivity index (χ0v) is 30.9. The molecule has 3 aromatic heterocycles. The lowest BCUT2D eigenvalue weighted by Crippen LogP contribution is -1.97. The van der Waals surface area contributed by atoms with Crippen molar-refractivity contribution in [1.29, 1.82) is 0 Å². The first-order valence-corrected chi connectivity index (χ1v) is 19.3. The minimum Gasteiger partial charge on any atom is -0.309 e. The number of aromatic nitrogens is 4. The number of pyridine rings is 1. The van der Waals surface area contributed by atoms with Gasteiger partial charge in [-0.3, -0.25) is 0 Å². The molecule has 4 nitrogen and oxygen atoms in total. The Labute approximate surface area is 330 Å². The number of fused-ring (bicyclic) bond motifs is 7. The van der Waals surface area contributed by atoms with Crippen LogP contribution in [0.4, 0.5) is 0 Å². The van der Waals surface area contributed by atoms with Crippen LogP contribution < -0.4 is 0 Å². The maximum Gasteiger partial charge on any atom is 0.160 e. The van der Waals surface area contributed by atoms with Gasteiger partial charge < -0.3 is 4.57 Å². The van der Waals surface area contributed by atoms with Crippen molar-refractivity contribution < 1.29 is 0 Å². The third kappa shape index (κ3) is 5.58. The number of benzene rings is 8. The molecule has 0 saturated heterocycles. The Morgan fingerprint density at radius 1 is 0.351 bits per heavy atom. The van der Waals surface area contributed by atoms with Crippen LogP contribution in [-0.2, 0) is 0 Å². The minimum absolute atomic E-state index is 0.700. The Bertz CT molecular complexity index is 3210. The summed E-state index contributed by atoms with van der Waals surface area (Å²) in [6.07, 6.45) is 0. The summed E-state index contributed by atoms with van der Waals surface area (Å²) in [5.41, 5.74) is 13.5. The topological polar surface area (TPSA) is 43.6 Å². The molecule has 0 saturated carbocycles. The lowest BCUT2D eigenvalue weighted by molar-refractivity contribution is 1.18. The molecule has 266 valence electrons.